The molecular weight excluding hydrogens is 316 g/mol. The Morgan fingerprint density at radius 2 is 1.92 bits per heavy atom. The number of aromatic nitrogens is 3. The maximum absolute atomic E-state index is 13.2. The van der Waals surface area contributed by atoms with E-state index in [1.54, 1.807) is 7.11 Å². The number of nitrogens with zero attached hydrogens (tertiary/aromatic N) is 4. The average molecular weight is 342 g/mol. The van der Waals surface area contributed by atoms with Crippen molar-refractivity contribution in [3.63, 3.8) is 0 Å². The van der Waals surface area contributed by atoms with Gasteiger partial charge >= 0.3 is 0 Å². The number of fused-ring (bicyclic) bond motifs is 1. The van der Waals surface area contributed by atoms with Gasteiger partial charge in [-0.05, 0) is 5.56 Å². The number of hydrogen-bond acceptors (Lipinski definition) is 4. The first kappa shape index (κ1) is 17.6. The summed E-state index contributed by atoms with van der Waals surface area (Å²) < 4.78 is 7.21. The van der Waals surface area contributed by atoms with Gasteiger partial charge in [-0.15, -0.1) is 10.2 Å². The van der Waals surface area contributed by atoms with E-state index in [0.717, 1.165) is 17.2 Å². The van der Waals surface area contributed by atoms with Gasteiger partial charge in [0.1, 0.15) is 11.9 Å². The SMILES string of the molecule is COCCN1Cc2nnc(C(C)(C)C)n2[C@H](Cc2ccccc2)C1=O. The van der Waals surface area contributed by atoms with Crippen LogP contribution in [0.5, 0.6) is 0 Å². The molecular formula is C19H26N4O2. The predicted octanol–water partition coefficient (Wildman–Crippen LogP) is 2.35. The standard InChI is InChI=1S/C19H26N4O2/c1-19(2,3)18-21-20-16-13-22(10-11-25-4)17(24)15(23(16)18)12-14-8-6-5-7-9-14/h5-9,15H,10-13H2,1-4H3/t15-/m1/s1. The highest BCUT2D eigenvalue weighted by atomic mass is 16.5. The topological polar surface area (TPSA) is 60.2 Å². The van der Waals surface area contributed by atoms with Gasteiger partial charge in [0.2, 0.25) is 5.91 Å². The van der Waals surface area contributed by atoms with Gasteiger partial charge in [0.25, 0.3) is 0 Å². The lowest BCUT2D eigenvalue weighted by molar-refractivity contribution is -0.138. The minimum Gasteiger partial charge on any atom is -0.383 e. The molecule has 0 aliphatic carbocycles. The summed E-state index contributed by atoms with van der Waals surface area (Å²) >= 11 is 0. The molecule has 134 valence electrons. The lowest BCUT2D eigenvalue weighted by Crippen LogP contribution is -2.46. The molecule has 1 aliphatic heterocycles. The third-order valence-electron chi connectivity index (χ3n) is 4.52. The smallest absolute Gasteiger partial charge is 0.246 e. The Labute approximate surface area is 148 Å². The molecule has 0 spiro atoms. The van der Waals surface area contributed by atoms with Crippen LogP contribution in [0.25, 0.3) is 0 Å². The fourth-order valence-corrected chi connectivity index (χ4v) is 3.25. The lowest BCUT2D eigenvalue weighted by atomic mass is 9.94. The van der Waals surface area contributed by atoms with Crippen molar-refractivity contribution in [3.8, 4) is 0 Å². The molecule has 1 atom stereocenters. The second-order valence-electron chi connectivity index (χ2n) is 7.52. The molecule has 0 bridgehead atoms. The quantitative estimate of drug-likeness (QED) is 0.837. The van der Waals surface area contributed by atoms with Crippen LogP contribution in [0.4, 0.5) is 0 Å². The van der Waals surface area contributed by atoms with Gasteiger partial charge in [-0.3, -0.25) is 9.36 Å². The van der Waals surface area contributed by atoms with E-state index in [4.69, 9.17) is 4.74 Å². The number of methoxy groups -OCH3 is 1. The third-order valence-corrected chi connectivity index (χ3v) is 4.52. The van der Waals surface area contributed by atoms with Crippen LogP contribution in [0.15, 0.2) is 30.3 Å². The van der Waals surface area contributed by atoms with E-state index in [2.05, 4.69) is 47.7 Å². The molecule has 0 fully saturated rings. The minimum absolute atomic E-state index is 0.110. The fraction of sp³-hybridized carbons (Fsp3) is 0.526. The van der Waals surface area contributed by atoms with E-state index in [9.17, 15) is 4.79 Å². The maximum Gasteiger partial charge on any atom is 0.246 e. The molecule has 2 heterocycles. The number of benzene rings is 1. The van der Waals surface area contributed by atoms with E-state index >= 15 is 0 Å². The molecule has 6 heteroatoms. The van der Waals surface area contributed by atoms with E-state index in [1.807, 2.05) is 23.1 Å². The zero-order chi connectivity index (χ0) is 18.0. The van der Waals surface area contributed by atoms with Crippen LogP contribution in [-0.4, -0.2) is 45.8 Å². The van der Waals surface area contributed by atoms with Crippen LogP contribution in [0.3, 0.4) is 0 Å². The summed E-state index contributed by atoms with van der Waals surface area (Å²) in [5.41, 5.74) is 0.962. The Hall–Kier alpha value is -2.21. The second-order valence-corrected chi connectivity index (χ2v) is 7.52. The molecule has 25 heavy (non-hydrogen) atoms. The van der Waals surface area contributed by atoms with Gasteiger partial charge in [0, 0.05) is 25.5 Å². The zero-order valence-electron chi connectivity index (χ0n) is 15.4. The van der Waals surface area contributed by atoms with Crippen LogP contribution in [-0.2, 0) is 27.9 Å². The Bertz CT molecular complexity index is 734. The first-order valence-corrected chi connectivity index (χ1v) is 8.67. The molecule has 0 unspecified atom stereocenters. The summed E-state index contributed by atoms with van der Waals surface area (Å²) in [4.78, 5) is 15.0. The monoisotopic (exact) mass is 342 g/mol. The van der Waals surface area contributed by atoms with Crippen molar-refractivity contribution in [3.05, 3.63) is 47.5 Å². The number of hydrogen-bond donors (Lipinski definition) is 0. The number of amides is 1. The van der Waals surface area contributed by atoms with Crippen LogP contribution in [0.2, 0.25) is 0 Å². The minimum atomic E-state index is -0.313. The van der Waals surface area contributed by atoms with Gasteiger partial charge in [-0.2, -0.15) is 0 Å². The summed E-state index contributed by atoms with van der Waals surface area (Å²) in [6.07, 6.45) is 0.636. The lowest BCUT2D eigenvalue weighted by Gasteiger charge is -2.35. The number of carbonyl (C=O) groups excluding carboxylic acids is 1. The van der Waals surface area contributed by atoms with Crippen LogP contribution in [0.1, 0.15) is 44.0 Å². The Kier molecular flexibility index (Phi) is 4.90. The normalized spacial score (nSPS) is 17.7. The largest absolute Gasteiger partial charge is 0.383 e. The summed E-state index contributed by atoms with van der Waals surface area (Å²) in [6.45, 7) is 7.88. The van der Waals surface area contributed by atoms with E-state index in [0.29, 0.717) is 26.1 Å². The second kappa shape index (κ2) is 6.96. The molecule has 0 saturated carbocycles. The van der Waals surface area contributed by atoms with Crippen molar-refractivity contribution in [1.29, 1.82) is 0 Å². The van der Waals surface area contributed by atoms with Crippen molar-refractivity contribution in [2.75, 3.05) is 20.3 Å². The number of ether oxygens (including phenoxy) is 1. The molecule has 0 N–H and O–H groups in total. The predicted molar refractivity (Wildman–Crippen MR) is 95.2 cm³/mol. The highest BCUT2D eigenvalue weighted by Crippen LogP contribution is 2.31. The number of rotatable bonds is 5. The highest BCUT2D eigenvalue weighted by molar-refractivity contribution is 5.82. The summed E-state index contributed by atoms with van der Waals surface area (Å²) in [5.74, 6) is 1.82. The Morgan fingerprint density at radius 3 is 2.56 bits per heavy atom. The van der Waals surface area contributed by atoms with E-state index < -0.39 is 0 Å². The molecule has 1 amide bonds. The fourth-order valence-electron chi connectivity index (χ4n) is 3.25. The average Bonchev–Trinajstić information content (AvgIpc) is 3.01. The van der Waals surface area contributed by atoms with E-state index in [1.165, 1.54) is 0 Å². The highest BCUT2D eigenvalue weighted by Gasteiger charge is 2.38. The van der Waals surface area contributed by atoms with Gasteiger partial charge in [-0.1, -0.05) is 51.1 Å². The van der Waals surface area contributed by atoms with Gasteiger partial charge < -0.3 is 9.64 Å². The van der Waals surface area contributed by atoms with Crippen molar-refractivity contribution in [1.82, 2.24) is 19.7 Å². The first-order chi connectivity index (χ1) is 11.9. The molecule has 6 nitrogen and oxygen atoms in total. The van der Waals surface area contributed by atoms with Crippen LogP contribution < -0.4 is 0 Å². The first-order valence-electron chi connectivity index (χ1n) is 8.67. The molecule has 1 aliphatic rings. The van der Waals surface area contributed by atoms with Crippen LogP contribution in [0, 0.1) is 0 Å². The molecule has 1 aromatic carbocycles. The molecule has 1 aromatic heterocycles. The molecule has 0 radical (unpaired) electrons. The summed E-state index contributed by atoms with van der Waals surface area (Å²) in [5, 5.41) is 8.80. The van der Waals surface area contributed by atoms with Gasteiger partial charge in [0.05, 0.1) is 13.2 Å². The third kappa shape index (κ3) is 3.58. The van der Waals surface area contributed by atoms with Crippen molar-refractivity contribution >= 4 is 5.91 Å². The van der Waals surface area contributed by atoms with Gasteiger partial charge in [0.15, 0.2) is 5.82 Å². The molecule has 3 rings (SSSR count). The maximum atomic E-state index is 13.2. The summed E-state index contributed by atoms with van der Waals surface area (Å²) in [6, 6.07) is 9.80. The Balaban J connectivity index is 2.00. The van der Waals surface area contributed by atoms with Crippen molar-refractivity contribution in [2.24, 2.45) is 0 Å². The molecule has 2 aromatic rings. The number of carbonyl (C=O) groups is 1. The zero-order valence-corrected chi connectivity index (χ0v) is 15.4. The van der Waals surface area contributed by atoms with Crippen molar-refractivity contribution in [2.45, 2.75) is 45.2 Å². The molecule has 0 saturated heterocycles. The van der Waals surface area contributed by atoms with Gasteiger partial charge in [-0.25, -0.2) is 0 Å². The Morgan fingerprint density at radius 1 is 1.20 bits per heavy atom. The summed E-state index contributed by atoms with van der Waals surface area (Å²) in [7, 11) is 1.65. The van der Waals surface area contributed by atoms with Crippen molar-refractivity contribution < 1.29 is 9.53 Å². The van der Waals surface area contributed by atoms with Crippen LogP contribution >= 0.6 is 0 Å². The van der Waals surface area contributed by atoms with E-state index in [-0.39, 0.29) is 17.4 Å².